The highest BCUT2D eigenvalue weighted by Crippen LogP contribution is 2.03. The highest BCUT2D eigenvalue weighted by atomic mass is 16.4. The van der Waals surface area contributed by atoms with Crippen molar-refractivity contribution < 1.29 is 29.7 Å². The van der Waals surface area contributed by atoms with Crippen molar-refractivity contribution >= 4 is 17.8 Å². The molecule has 0 fully saturated rings. The van der Waals surface area contributed by atoms with Gasteiger partial charge in [0.05, 0.1) is 12.7 Å². The van der Waals surface area contributed by atoms with Crippen LogP contribution in [0.5, 0.6) is 0 Å². The summed E-state index contributed by atoms with van der Waals surface area (Å²) in [6, 6.07) is -3.78. The van der Waals surface area contributed by atoms with Crippen molar-refractivity contribution in [1.29, 1.82) is 0 Å². The lowest BCUT2D eigenvalue weighted by molar-refractivity contribution is -0.143. The van der Waals surface area contributed by atoms with E-state index in [1.807, 2.05) is 0 Å². The Hall–Kier alpha value is -1.75. The molecule has 0 aliphatic rings. The maximum atomic E-state index is 12.1. The van der Waals surface area contributed by atoms with Gasteiger partial charge in [0.15, 0.2) is 0 Å². The van der Waals surface area contributed by atoms with Crippen LogP contribution in [0.1, 0.15) is 26.2 Å². The van der Waals surface area contributed by atoms with Crippen molar-refractivity contribution in [3.63, 3.8) is 0 Å². The molecule has 0 aromatic heterocycles. The van der Waals surface area contributed by atoms with Crippen LogP contribution < -0.4 is 22.1 Å². The zero-order valence-electron chi connectivity index (χ0n) is 13.1. The first-order chi connectivity index (χ1) is 10.7. The van der Waals surface area contributed by atoms with Gasteiger partial charge in [-0.25, -0.2) is 4.79 Å². The highest BCUT2D eigenvalue weighted by molar-refractivity contribution is 5.92. The lowest BCUT2D eigenvalue weighted by atomic mass is 10.1. The first-order valence-electron chi connectivity index (χ1n) is 7.32. The van der Waals surface area contributed by atoms with E-state index < -0.39 is 48.6 Å². The molecule has 0 saturated heterocycles. The molecule has 0 saturated carbocycles. The average molecular weight is 334 g/mol. The highest BCUT2D eigenvalue weighted by Gasteiger charge is 2.30. The molecule has 0 aromatic carbocycles. The number of aliphatic hydroxyl groups is 2. The Balaban J connectivity index is 4.81. The molecule has 0 aliphatic carbocycles. The topological polar surface area (TPSA) is 188 Å². The molecule has 10 nitrogen and oxygen atoms in total. The number of carboxylic acid groups (broad SMARTS) is 1. The van der Waals surface area contributed by atoms with Crippen molar-refractivity contribution in [3.8, 4) is 0 Å². The Kier molecular flexibility index (Phi) is 10.1. The number of carbonyl (C=O) groups is 3. The number of nitrogens with two attached hydrogens (primary N) is 2. The summed E-state index contributed by atoms with van der Waals surface area (Å²) >= 11 is 0. The molecule has 0 rings (SSSR count). The van der Waals surface area contributed by atoms with E-state index in [-0.39, 0.29) is 6.42 Å². The molecule has 0 bridgehead atoms. The molecule has 0 unspecified atom stereocenters. The van der Waals surface area contributed by atoms with Gasteiger partial charge in [-0.05, 0) is 32.7 Å². The van der Waals surface area contributed by atoms with E-state index >= 15 is 0 Å². The summed E-state index contributed by atoms with van der Waals surface area (Å²) in [6.45, 7) is 1.04. The molecule has 23 heavy (non-hydrogen) atoms. The minimum Gasteiger partial charge on any atom is -0.480 e. The van der Waals surface area contributed by atoms with Gasteiger partial charge >= 0.3 is 5.97 Å². The molecule has 0 spiro atoms. The number of carboxylic acids is 1. The van der Waals surface area contributed by atoms with Crippen molar-refractivity contribution in [1.82, 2.24) is 10.6 Å². The van der Waals surface area contributed by atoms with Gasteiger partial charge in [0.25, 0.3) is 0 Å². The van der Waals surface area contributed by atoms with Gasteiger partial charge < -0.3 is 37.4 Å². The van der Waals surface area contributed by atoms with Crippen LogP contribution in [0.25, 0.3) is 0 Å². The van der Waals surface area contributed by atoms with E-state index in [0.29, 0.717) is 19.4 Å². The number of unbranched alkanes of at least 4 members (excludes halogenated alkanes) is 1. The molecule has 0 aromatic rings. The lowest BCUT2D eigenvalue weighted by Gasteiger charge is -2.24. The minimum atomic E-state index is -1.38. The van der Waals surface area contributed by atoms with Gasteiger partial charge in [-0.2, -0.15) is 0 Å². The van der Waals surface area contributed by atoms with Gasteiger partial charge in [0, 0.05) is 0 Å². The number of aliphatic hydroxyl groups excluding tert-OH is 2. The molecular formula is C13H26N4O6. The first kappa shape index (κ1) is 21.2. The Morgan fingerprint density at radius 1 is 1.13 bits per heavy atom. The summed E-state index contributed by atoms with van der Waals surface area (Å²) < 4.78 is 0. The smallest absolute Gasteiger partial charge is 0.326 e. The number of hydrogen-bond acceptors (Lipinski definition) is 7. The van der Waals surface area contributed by atoms with E-state index in [0.717, 1.165) is 0 Å². The second-order valence-electron chi connectivity index (χ2n) is 5.20. The van der Waals surface area contributed by atoms with Gasteiger partial charge in [0.2, 0.25) is 11.8 Å². The van der Waals surface area contributed by atoms with Crippen molar-refractivity contribution in [2.45, 2.75) is 50.4 Å². The second kappa shape index (κ2) is 10.9. The fourth-order valence-electron chi connectivity index (χ4n) is 1.76. The van der Waals surface area contributed by atoms with Crippen LogP contribution in [0.2, 0.25) is 0 Å². The molecular weight excluding hydrogens is 308 g/mol. The third kappa shape index (κ3) is 7.88. The van der Waals surface area contributed by atoms with Gasteiger partial charge in [0.1, 0.15) is 18.1 Å². The fourth-order valence-corrected chi connectivity index (χ4v) is 1.76. The molecule has 0 aliphatic heterocycles. The van der Waals surface area contributed by atoms with E-state index in [4.69, 9.17) is 21.7 Å². The lowest BCUT2D eigenvalue weighted by Crippen LogP contribution is -2.58. The number of amides is 2. The third-order valence-corrected chi connectivity index (χ3v) is 3.16. The second-order valence-corrected chi connectivity index (χ2v) is 5.20. The number of rotatable bonds is 11. The van der Waals surface area contributed by atoms with Crippen molar-refractivity contribution in [3.05, 3.63) is 0 Å². The quantitative estimate of drug-likeness (QED) is 0.193. The van der Waals surface area contributed by atoms with Crippen LogP contribution in [0.15, 0.2) is 0 Å². The van der Waals surface area contributed by atoms with Crippen molar-refractivity contribution in [2.75, 3.05) is 13.2 Å². The SMILES string of the molecule is C[C@@H](O)[C@H](NC(=O)[C@@H](N)CO)C(=O)N[C@@H](CCCCN)C(=O)O. The third-order valence-electron chi connectivity index (χ3n) is 3.16. The van der Waals surface area contributed by atoms with Crippen LogP contribution in [0.3, 0.4) is 0 Å². The Labute approximate surface area is 134 Å². The van der Waals surface area contributed by atoms with Crippen LogP contribution in [0, 0.1) is 0 Å². The summed E-state index contributed by atoms with van der Waals surface area (Å²) in [4.78, 5) is 34.9. The largest absolute Gasteiger partial charge is 0.480 e. The zero-order chi connectivity index (χ0) is 18.0. The Morgan fingerprint density at radius 3 is 2.17 bits per heavy atom. The number of hydrogen-bond donors (Lipinski definition) is 7. The maximum absolute atomic E-state index is 12.1. The van der Waals surface area contributed by atoms with E-state index in [2.05, 4.69) is 10.6 Å². The van der Waals surface area contributed by atoms with E-state index in [9.17, 15) is 19.5 Å². The van der Waals surface area contributed by atoms with E-state index in [1.54, 1.807) is 0 Å². The first-order valence-corrected chi connectivity index (χ1v) is 7.32. The van der Waals surface area contributed by atoms with Gasteiger partial charge in [-0.1, -0.05) is 0 Å². The summed E-state index contributed by atoms with van der Waals surface area (Å²) in [5, 5.41) is 31.9. The molecule has 134 valence electrons. The standard InChI is InChI=1S/C13H26N4O6/c1-7(19)10(17-11(20)8(15)6-18)12(21)16-9(13(22)23)4-2-3-5-14/h7-10,18-19H,2-6,14-15H2,1H3,(H,16,21)(H,17,20)(H,22,23)/t7-,8+,9+,10+/m1/s1. The predicted molar refractivity (Wildman–Crippen MR) is 81.1 cm³/mol. The molecule has 4 atom stereocenters. The van der Waals surface area contributed by atoms with Crippen LogP contribution >= 0.6 is 0 Å². The molecule has 2 amide bonds. The fraction of sp³-hybridized carbons (Fsp3) is 0.769. The summed E-state index contributed by atoms with van der Waals surface area (Å²) in [5.74, 6) is -2.90. The number of carbonyl (C=O) groups excluding carboxylic acids is 2. The molecule has 9 N–H and O–H groups in total. The number of aliphatic carboxylic acids is 1. The van der Waals surface area contributed by atoms with Crippen LogP contribution in [0.4, 0.5) is 0 Å². The Morgan fingerprint density at radius 2 is 1.74 bits per heavy atom. The summed E-state index contributed by atoms with van der Waals surface area (Å²) in [5.41, 5.74) is 10.6. The van der Waals surface area contributed by atoms with Gasteiger partial charge in [-0.3, -0.25) is 9.59 Å². The van der Waals surface area contributed by atoms with E-state index in [1.165, 1.54) is 6.92 Å². The summed E-state index contributed by atoms with van der Waals surface area (Å²) in [7, 11) is 0. The molecule has 0 heterocycles. The minimum absolute atomic E-state index is 0.175. The predicted octanol–water partition coefficient (Wildman–Crippen LogP) is -3.13. The summed E-state index contributed by atoms with van der Waals surface area (Å²) in [6.07, 6.45) is 0.0222. The zero-order valence-corrected chi connectivity index (χ0v) is 13.1. The normalized spacial score (nSPS) is 16.0. The van der Waals surface area contributed by atoms with Crippen LogP contribution in [-0.4, -0.2) is 70.5 Å². The maximum Gasteiger partial charge on any atom is 0.326 e. The Bertz CT molecular complexity index is 404. The van der Waals surface area contributed by atoms with Crippen molar-refractivity contribution in [2.24, 2.45) is 11.5 Å². The number of nitrogens with one attached hydrogen (secondary N) is 2. The van der Waals surface area contributed by atoms with Gasteiger partial charge in [-0.15, -0.1) is 0 Å². The monoisotopic (exact) mass is 334 g/mol. The van der Waals surface area contributed by atoms with Crippen LogP contribution in [-0.2, 0) is 14.4 Å². The molecule has 0 radical (unpaired) electrons. The average Bonchev–Trinajstić information content (AvgIpc) is 2.49. The molecule has 10 heteroatoms.